The lowest BCUT2D eigenvalue weighted by molar-refractivity contribution is -0.117. The second kappa shape index (κ2) is 9.96. The van der Waals surface area contributed by atoms with Gasteiger partial charge < -0.3 is 4.79 Å². The fraction of sp³-hybridized carbons (Fsp3) is 0.667. The molecule has 0 saturated heterocycles. The number of carbonyl (C=O) groups excluding carboxylic acids is 1. The molecule has 2 atom stereocenters. The molecule has 0 aromatic rings. The number of halogens is 2. The Bertz CT molecular complexity index is 310. The molecule has 0 saturated carbocycles. The lowest BCUT2D eigenvalue weighted by Crippen LogP contribution is -2.11. The van der Waals surface area contributed by atoms with Gasteiger partial charge in [0, 0.05) is 6.42 Å². The first-order valence-corrected chi connectivity index (χ1v) is 8.07. The summed E-state index contributed by atoms with van der Waals surface area (Å²) in [5, 5.41) is 0. The maximum atomic E-state index is 11.1. The lowest BCUT2D eigenvalue weighted by Gasteiger charge is -2.20. The largest absolute Gasteiger partial charge is 0.300 e. The average molecular weight is 380 g/mol. The number of Topliss-reactive ketones (excluding diaryl/α,β-unsaturated/α-hetero) is 1. The fourth-order valence-electron chi connectivity index (χ4n) is 1.91. The highest BCUT2D eigenvalue weighted by molar-refractivity contribution is 9.28. The lowest BCUT2D eigenvalue weighted by atomic mass is 9.86. The Hall–Kier alpha value is 0.110. The Kier molecular flexibility index (Phi) is 10.0. The van der Waals surface area contributed by atoms with E-state index in [1.807, 2.05) is 0 Å². The van der Waals surface area contributed by atoms with Gasteiger partial charge in [-0.2, -0.15) is 0 Å². The van der Waals surface area contributed by atoms with E-state index in [0.29, 0.717) is 18.3 Å². The Balaban J connectivity index is 4.40. The summed E-state index contributed by atoms with van der Waals surface area (Å²) in [6, 6.07) is 0. The second-order valence-electron chi connectivity index (χ2n) is 5.20. The van der Waals surface area contributed by atoms with Gasteiger partial charge >= 0.3 is 0 Å². The van der Waals surface area contributed by atoms with Crippen LogP contribution in [0.15, 0.2) is 21.1 Å². The molecule has 1 nitrogen and oxygen atoms in total. The average Bonchev–Trinajstić information content (AvgIpc) is 2.22. The monoisotopic (exact) mass is 378 g/mol. The van der Waals surface area contributed by atoms with Crippen LogP contribution in [0.3, 0.4) is 0 Å². The van der Waals surface area contributed by atoms with Gasteiger partial charge in [-0.3, -0.25) is 0 Å². The van der Waals surface area contributed by atoms with E-state index >= 15 is 0 Å². The van der Waals surface area contributed by atoms with Crippen molar-refractivity contribution >= 4 is 37.6 Å². The van der Waals surface area contributed by atoms with Crippen molar-refractivity contribution in [3.63, 3.8) is 0 Å². The number of hydrogen-bond donors (Lipinski definition) is 0. The molecule has 0 aliphatic carbocycles. The van der Waals surface area contributed by atoms with Crippen molar-refractivity contribution in [1.82, 2.24) is 0 Å². The quantitative estimate of drug-likeness (QED) is 0.473. The standard InChI is InChI=1S/C15H24Br2O/c1-11(2)6-5-7-12(3)14(10-15(16)17)9-8-13(4)18/h6,10,12,14H,5,7-9H2,1-4H3/t12-,14-/m1/s1. The summed E-state index contributed by atoms with van der Waals surface area (Å²) in [5.41, 5.74) is 1.37. The van der Waals surface area contributed by atoms with Gasteiger partial charge in [0.1, 0.15) is 5.78 Å². The molecule has 0 bridgehead atoms. The van der Waals surface area contributed by atoms with Crippen molar-refractivity contribution < 1.29 is 4.79 Å². The number of rotatable bonds is 8. The minimum Gasteiger partial charge on any atom is -0.300 e. The third kappa shape index (κ3) is 10.1. The molecule has 0 aromatic carbocycles. The molecule has 0 aliphatic heterocycles. The Labute approximate surface area is 128 Å². The van der Waals surface area contributed by atoms with Crippen LogP contribution in [0.4, 0.5) is 0 Å². The predicted molar refractivity (Wildman–Crippen MR) is 87.2 cm³/mol. The van der Waals surface area contributed by atoms with Crippen LogP contribution in [-0.2, 0) is 4.79 Å². The van der Waals surface area contributed by atoms with E-state index in [9.17, 15) is 4.79 Å². The molecule has 0 rings (SSSR count). The van der Waals surface area contributed by atoms with Gasteiger partial charge in [-0.1, -0.05) is 24.6 Å². The fourth-order valence-corrected chi connectivity index (χ4v) is 2.59. The Morgan fingerprint density at radius 1 is 1.17 bits per heavy atom. The van der Waals surface area contributed by atoms with E-state index in [4.69, 9.17) is 0 Å². The van der Waals surface area contributed by atoms with Crippen molar-refractivity contribution in [3.05, 3.63) is 21.1 Å². The second-order valence-corrected chi connectivity index (χ2v) is 7.97. The molecule has 0 amide bonds. The summed E-state index contributed by atoms with van der Waals surface area (Å²) in [5.74, 6) is 1.31. The van der Waals surface area contributed by atoms with Crippen LogP contribution in [0.2, 0.25) is 0 Å². The molecule has 0 N–H and O–H groups in total. The van der Waals surface area contributed by atoms with Crippen LogP contribution >= 0.6 is 31.9 Å². The highest BCUT2D eigenvalue weighted by Crippen LogP contribution is 2.28. The van der Waals surface area contributed by atoms with E-state index in [-0.39, 0.29) is 5.78 Å². The summed E-state index contributed by atoms with van der Waals surface area (Å²) in [6.07, 6.45) is 8.35. The zero-order valence-corrected chi connectivity index (χ0v) is 15.0. The van der Waals surface area contributed by atoms with E-state index in [0.717, 1.165) is 22.7 Å². The van der Waals surface area contributed by atoms with Crippen molar-refractivity contribution in [2.24, 2.45) is 11.8 Å². The van der Waals surface area contributed by atoms with Crippen molar-refractivity contribution in [1.29, 1.82) is 0 Å². The molecular weight excluding hydrogens is 356 g/mol. The van der Waals surface area contributed by atoms with Gasteiger partial charge in [0.2, 0.25) is 0 Å². The van der Waals surface area contributed by atoms with E-state index in [1.165, 1.54) is 5.57 Å². The van der Waals surface area contributed by atoms with Gasteiger partial charge in [0.15, 0.2) is 0 Å². The van der Waals surface area contributed by atoms with Crippen molar-refractivity contribution in [3.8, 4) is 0 Å². The molecule has 0 aliphatic rings. The van der Waals surface area contributed by atoms with E-state index < -0.39 is 0 Å². The first kappa shape index (κ1) is 18.1. The first-order chi connectivity index (χ1) is 8.32. The van der Waals surface area contributed by atoms with Gasteiger partial charge in [-0.05, 0) is 83.7 Å². The van der Waals surface area contributed by atoms with Crippen LogP contribution in [0.1, 0.15) is 53.4 Å². The summed E-state index contributed by atoms with van der Waals surface area (Å²) in [7, 11) is 0. The molecule has 104 valence electrons. The molecule has 0 fully saturated rings. The SMILES string of the molecule is CC(=O)CC[C@H](C=C(Br)Br)[C@H](C)CCC=C(C)C. The van der Waals surface area contributed by atoms with E-state index in [1.54, 1.807) is 6.92 Å². The third-order valence-electron chi connectivity index (χ3n) is 3.08. The highest BCUT2D eigenvalue weighted by atomic mass is 79.9. The van der Waals surface area contributed by atoms with Crippen LogP contribution in [0.5, 0.6) is 0 Å². The van der Waals surface area contributed by atoms with Gasteiger partial charge in [0.05, 0.1) is 3.39 Å². The molecule has 0 radical (unpaired) electrons. The zero-order valence-electron chi connectivity index (χ0n) is 11.8. The number of ketones is 1. The summed E-state index contributed by atoms with van der Waals surface area (Å²) >= 11 is 6.85. The minimum atomic E-state index is 0.274. The summed E-state index contributed by atoms with van der Waals surface area (Å²) < 4.78 is 0.984. The minimum absolute atomic E-state index is 0.274. The number of carbonyl (C=O) groups is 1. The van der Waals surface area contributed by atoms with Gasteiger partial charge in [-0.25, -0.2) is 0 Å². The smallest absolute Gasteiger partial charge is 0.129 e. The maximum Gasteiger partial charge on any atom is 0.129 e. The maximum absolute atomic E-state index is 11.1. The normalized spacial score (nSPS) is 13.7. The molecule has 3 heteroatoms. The van der Waals surface area contributed by atoms with Crippen LogP contribution in [-0.4, -0.2) is 5.78 Å². The van der Waals surface area contributed by atoms with Crippen LogP contribution < -0.4 is 0 Å². The van der Waals surface area contributed by atoms with Crippen molar-refractivity contribution in [2.75, 3.05) is 0 Å². The first-order valence-electron chi connectivity index (χ1n) is 6.48. The Morgan fingerprint density at radius 2 is 1.78 bits per heavy atom. The van der Waals surface area contributed by atoms with Gasteiger partial charge in [0.25, 0.3) is 0 Å². The van der Waals surface area contributed by atoms with Crippen LogP contribution in [0, 0.1) is 11.8 Å². The molecule has 0 spiro atoms. The Morgan fingerprint density at radius 3 is 2.22 bits per heavy atom. The highest BCUT2D eigenvalue weighted by Gasteiger charge is 2.15. The summed E-state index contributed by atoms with van der Waals surface area (Å²) in [6.45, 7) is 8.20. The molecule has 18 heavy (non-hydrogen) atoms. The number of allylic oxidation sites excluding steroid dienone is 3. The van der Waals surface area contributed by atoms with Crippen LogP contribution in [0.25, 0.3) is 0 Å². The third-order valence-corrected chi connectivity index (χ3v) is 3.60. The summed E-state index contributed by atoms with van der Waals surface area (Å²) in [4.78, 5) is 11.1. The van der Waals surface area contributed by atoms with E-state index in [2.05, 4.69) is 64.8 Å². The predicted octanol–water partition coefficient (Wildman–Crippen LogP) is 5.99. The van der Waals surface area contributed by atoms with Crippen molar-refractivity contribution in [2.45, 2.75) is 53.4 Å². The molecule has 0 aromatic heterocycles. The topological polar surface area (TPSA) is 17.1 Å². The molecule has 0 unspecified atom stereocenters. The number of hydrogen-bond acceptors (Lipinski definition) is 1. The van der Waals surface area contributed by atoms with Gasteiger partial charge in [-0.15, -0.1) is 0 Å². The zero-order chi connectivity index (χ0) is 14.1. The molecular formula is C15H24Br2O. The molecule has 0 heterocycles.